The minimum Gasteiger partial charge on any atom is -0.508 e. The first-order valence-corrected chi connectivity index (χ1v) is 8.03. The third-order valence-electron chi connectivity index (χ3n) is 3.58. The number of phenols is 1. The molecule has 0 aliphatic heterocycles. The fraction of sp³-hybridized carbons (Fsp3) is 0.105. The molecule has 1 N–H and O–H groups in total. The Bertz CT molecular complexity index is 819. The van der Waals surface area contributed by atoms with Gasteiger partial charge in [0.1, 0.15) is 11.5 Å². The summed E-state index contributed by atoms with van der Waals surface area (Å²) in [5.41, 5.74) is 1.88. The van der Waals surface area contributed by atoms with Crippen molar-refractivity contribution in [1.82, 2.24) is 0 Å². The van der Waals surface area contributed by atoms with Crippen molar-refractivity contribution >= 4 is 17.1 Å². The van der Waals surface area contributed by atoms with Crippen molar-refractivity contribution in [2.75, 3.05) is 7.11 Å². The molecule has 1 heterocycles. The number of ketones is 1. The number of phenolic OH excluding ortho intramolecular Hbond substituents is 1. The first-order valence-electron chi connectivity index (χ1n) is 7.21. The number of carbonyl (C=O) groups is 1. The number of benzene rings is 2. The Balaban J connectivity index is 1.80. The number of aromatic hydroxyl groups is 1. The molecule has 0 radical (unpaired) electrons. The lowest BCUT2D eigenvalue weighted by molar-refractivity contribution is 0.0996. The monoisotopic (exact) mass is 324 g/mol. The maximum Gasteiger partial charge on any atom is 0.177 e. The van der Waals surface area contributed by atoms with E-state index in [1.54, 1.807) is 19.2 Å². The lowest BCUT2D eigenvalue weighted by Crippen LogP contribution is -2.02. The molecule has 3 nitrogen and oxygen atoms in total. The number of hydrogen-bond donors (Lipinski definition) is 1. The van der Waals surface area contributed by atoms with Gasteiger partial charge in [-0.2, -0.15) is 0 Å². The van der Waals surface area contributed by atoms with Crippen molar-refractivity contribution in [2.45, 2.75) is 6.42 Å². The van der Waals surface area contributed by atoms with E-state index in [4.69, 9.17) is 4.74 Å². The molecule has 0 atom stereocenters. The van der Waals surface area contributed by atoms with E-state index in [0.717, 1.165) is 26.6 Å². The van der Waals surface area contributed by atoms with Crippen LogP contribution in [0.1, 0.15) is 15.2 Å². The van der Waals surface area contributed by atoms with Crippen molar-refractivity contribution in [1.29, 1.82) is 0 Å². The van der Waals surface area contributed by atoms with E-state index in [0.29, 0.717) is 6.42 Å². The van der Waals surface area contributed by atoms with Crippen molar-refractivity contribution in [3.05, 3.63) is 71.1 Å². The molecular weight excluding hydrogens is 308 g/mol. The van der Waals surface area contributed by atoms with E-state index < -0.39 is 0 Å². The largest absolute Gasteiger partial charge is 0.508 e. The van der Waals surface area contributed by atoms with Crippen LogP contribution in [0.2, 0.25) is 0 Å². The molecule has 1 aromatic heterocycles. The average molecular weight is 324 g/mol. The summed E-state index contributed by atoms with van der Waals surface area (Å²) in [6.07, 6.45) is 0.319. The van der Waals surface area contributed by atoms with Crippen molar-refractivity contribution in [3.63, 3.8) is 0 Å². The summed E-state index contributed by atoms with van der Waals surface area (Å²) in [6, 6.07) is 18.3. The zero-order valence-corrected chi connectivity index (χ0v) is 13.5. The number of thiophene rings is 1. The van der Waals surface area contributed by atoms with Crippen LogP contribution in [-0.4, -0.2) is 18.0 Å². The highest BCUT2D eigenvalue weighted by molar-refractivity contribution is 7.17. The van der Waals surface area contributed by atoms with E-state index in [-0.39, 0.29) is 11.5 Å². The van der Waals surface area contributed by atoms with Gasteiger partial charge in [-0.15, -0.1) is 11.3 Å². The molecule has 0 saturated heterocycles. The smallest absolute Gasteiger partial charge is 0.177 e. The molecule has 0 unspecified atom stereocenters. The van der Waals surface area contributed by atoms with Crippen LogP contribution in [0.5, 0.6) is 11.5 Å². The second-order valence-corrected chi connectivity index (χ2v) is 6.21. The standard InChI is InChI=1S/C19H16O3S/c1-22-17-5-3-2-4-14(17)12-16(21)19-11-10-18(23-19)13-6-8-15(20)9-7-13/h2-11,20H,12H2,1H3. The molecule has 23 heavy (non-hydrogen) atoms. The number of Topliss-reactive ketones (excluding diaryl/α,β-unsaturated/α-hetero) is 1. The van der Waals surface area contributed by atoms with Gasteiger partial charge >= 0.3 is 0 Å². The van der Waals surface area contributed by atoms with Crippen LogP contribution in [-0.2, 0) is 6.42 Å². The maximum absolute atomic E-state index is 12.5. The quantitative estimate of drug-likeness (QED) is 0.700. The number of rotatable bonds is 5. The maximum atomic E-state index is 12.5. The summed E-state index contributed by atoms with van der Waals surface area (Å²) in [5.74, 6) is 1.04. The Morgan fingerprint density at radius 3 is 2.52 bits per heavy atom. The first kappa shape index (κ1) is 15.3. The average Bonchev–Trinajstić information content (AvgIpc) is 3.06. The van der Waals surface area contributed by atoms with Gasteiger partial charge in [0.2, 0.25) is 0 Å². The molecule has 0 amide bonds. The molecule has 4 heteroatoms. The van der Waals surface area contributed by atoms with Crippen molar-refractivity contribution < 1.29 is 14.6 Å². The van der Waals surface area contributed by atoms with Crippen LogP contribution in [0.25, 0.3) is 10.4 Å². The minimum atomic E-state index is 0.0736. The summed E-state index contributed by atoms with van der Waals surface area (Å²) in [5, 5.41) is 9.35. The van der Waals surface area contributed by atoms with Gasteiger partial charge in [-0.1, -0.05) is 18.2 Å². The Labute approximate surface area is 138 Å². The van der Waals surface area contributed by atoms with Crippen LogP contribution in [0.3, 0.4) is 0 Å². The predicted molar refractivity (Wildman–Crippen MR) is 92.4 cm³/mol. The normalized spacial score (nSPS) is 10.5. The van der Waals surface area contributed by atoms with Crippen LogP contribution in [0, 0.1) is 0 Å². The molecule has 0 bridgehead atoms. The summed E-state index contributed by atoms with van der Waals surface area (Å²) < 4.78 is 5.30. The lowest BCUT2D eigenvalue weighted by Gasteiger charge is -2.06. The topological polar surface area (TPSA) is 46.5 Å². The third-order valence-corrected chi connectivity index (χ3v) is 4.75. The zero-order valence-electron chi connectivity index (χ0n) is 12.7. The van der Waals surface area contributed by atoms with Crippen molar-refractivity contribution in [3.8, 4) is 21.9 Å². The second kappa shape index (κ2) is 6.67. The van der Waals surface area contributed by atoms with Gasteiger partial charge in [0, 0.05) is 16.9 Å². The highest BCUT2D eigenvalue weighted by atomic mass is 32.1. The Morgan fingerprint density at radius 2 is 1.78 bits per heavy atom. The number of ether oxygens (including phenoxy) is 1. The Hall–Kier alpha value is -2.59. The summed E-state index contributed by atoms with van der Waals surface area (Å²) in [6.45, 7) is 0. The van der Waals surface area contributed by atoms with Crippen LogP contribution in [0.15, 0.2) is 60.7 Å². The zero-order chi connectivity index (χ0) is 16.2. The molecule has 3 aromatic rings. The minimum absolute atomic E-state index is 0.0736. The summed E-state index contributed by atoms with van der Waals surface area (Å²) in [4.78, 5) is 14.2. The number of para-hydroxylation sites is 1. The predicted octanol–water partition coefficient (Wildman–Crippen LogP) is 4.55. The first-order chi connectivity index (χ1) is 11.2. The highest BCUT2D eigenvalue weighted by Gasteiger charge is 2.13. The lowest BCUT2D eigenvalue weighted by atomic mass is 10.1. The van der Waals surface area contributed by atoms with E-state index in [1.807, 2.05) is 48.5 Å². The number of hydrogen-bond acceptors (Lipinski definition) is 4. The van der Waals surface area contributed by atoms with E-state index in [1.165, 1.54) is 11.3 Å². The number of methoxy groups -OCH3 is 1. The molecule has 116 valence electrons. The van der Waals surface area contributed by atoms with E-state index in [2.05, 4.69) is 0 Å². The fourth-order valence-corrected chi connectivity index (χ4v) is 3.33. The van der Waals surface area contributed by atoms with Crippen LogP contribution >= 0.6 is 11.3 Å². The van der Waals surface area contributed by atoms with Crippen LogP contribution in [0.4, 0.5) is 0 Å². The van der Waals surface area contributed by atoms with Gasteiger partial charge in [-0.25, -0.2) is 0 Å². The summed E-state index contributed by atoms with van der Waals surface area (Å²) >= 11 is 1.46. The van der Waals surface area contributed by atoms with Crippen molar-refractivity contribution in [2.24, 2.45) is 0 Å². The SMILES string of the molecule is COc1ccccc1CC(=O)c1ccc(-c2ccc(O)cc2)s1. The van der Waals surface area contributed by atoms with Gasteiger partial charge in [0.25, 0.3) is 0 Å². The third kappa shape index (κ3) is 3.43. The summed E-state index contributed by atoms with van der Waals surface area (Å²) in [7, 11) is 1.61. The molecule has 0 saturated carbocycles. The van der Waals surface area contributed by atoms with E-state index in [9.17, 15) is 9.90 Å². The Kier molecular flexibility index (Phi) is 4.44. The molecule has 3 rings (SSSR count). The molecule has 2 aromatic carbocycles. The van der Waals surface area contributed by atoms with Gasteiger partial charge < -0.3 is 9.84 Å². The molecule has 0 aliphatic carbocycles. The number of carbonyl (C=O) groups excluding carboxylic acids is 1. The van der Waals surface area contributed by atoms with E-state index >= 15 is 0 Å². The van der Waals surface area contributed by atoms with Gasteiger partial charge in [-0.3, -0.25) is 4.79 Å². The second-order valence-electron chi connectivity index (χ2n) is 5.12. The molecular formula is C19H16O3S. The molecule has 0 spiro atoms. The fourth-order valence-electron chi connectivity index (χ4n) is 2.38. The molecule has 0 fully saturated rings. The van der Waals surface area contributed by atoms with Crippen LogP contribution < -0.4 is 4.74 Å². The molecule has 0 aliphatic rings. The Morgan fingerprint density at radius 1 is 1.04 bits per heavy atom. The van der Waals surface area contributed by atoms with Gasteiger partial charge in [0.05, 0.1) is 12.0 Å². The van der Waals surface area contributed by atoms with Gasteiger partial charge in [-0.05, 0) is 48.0 Å². The van der Waals surface area contributed by atoms with Gasteiger partial charge in [0.15, 0.2) is 5.78 Å². The highest BCUT2D eigenvalue weighted by Crippen LogP contribution is 2.30.